The van der Waals surface area contributed by atoms with Gasteiger partial charge in [0, 0.05) is 18.8 Å². The number of allylic oxidation sites excluding steroid dienone is 3. The Bertz CT molecular complexity index is 1180. The predicted octanol–water partition coefficient (Wildman–Crippen LogP) is 6.55. The summed E-state index contributed by atoms with van der Waals surface area (Å²) >= 11 is 0. The van der Waals surface area contributed by atoms with Crippen molar-refractivity contribution in [1.82, 2.24) is 0 Å². The average Bonchev–Trinajstić information content (AvgIpc) is 3.17. The van der Waals surface area contributed by atoms with E-state index in [0.29, 0.717) is 37.0 Å². The zero-order chi connectivity index (χ0) is 27.3. The van der Waals surface area contributed by atoms with Gasteiger partial charge in [-0.25, -0.2) is 0 Å². The first-order chi connectivity index (χ1) is 18.0. The smallest absolute Gasteiger partial charge is 0.306 e. The fourth-order valence-corrected chi connectivity index (χ4v) is 8.83. The van der Waals surface area contributed by atoms with Crippen LogP contribution in [0.15, 0.2) is 53.6 Å². The molecule has 204 valence electrons. The number of rotatable bonds is 6. The highest BCUT2D eigenvalue weighted by atomic mass is 16.6. The molecule has 5 rings (SSSR count). The van der Waals surface area contributed by atoms with Crippen molar-refractivity contribution in [2.45, 2.75) is 97.7 Å². The molecule has 2 saturated carbocycles. The van der Waals surface area contributed by atoms with Crippen LogP contribution in [-0.4, -0.2) is 29.4 Å². The molecule has 5 nitrogen and oxygen atoms in total. The Hall–Kier alpha value is -2.69. The van der Waals surface area contributed by atoms with E-state index in [2.05, 4.69) is 32.9 Å². The minimum Gasteiger partial charge on any atom is -0.458 e. The molecule has 7 atom stereocenters. The van der Waals surface area contributed by atoms with E-state index in [1.165, 1.54) is 18.1 Å². The monoisotopic (exact) mass is 518 g/mol. The molecular formula is C33H42O5. The van der Waals surface area contributed by atoms with Crippen LogP contribution < -0.4 is 0 Å². The molecule has 0 aliphatic heterocycles. The summed E-state index contributed by atoms with van der Waals surface area (Å²) in [4.78, 5) is 37.7. The van der Waals surface area contributed by atoms with E-state index >= 15 is 0 Å². The van der Waals surface area contributed by atoms with Crippen LogP contribution in [0.1, 0.15) is 85.1 Å². The van der Waals surface area contributed by atoms with E-state index in [0.717, 1.165) is 37.7 Å². The third-order valence-electron chi connectivity index (χ3n) is 10.7. The van der Waals surface area contributed by atoms with E-state index in [1.54, 1.807) is 6.92 Å². The van der Waals surface area contributed by atoms with Crippen molar-refractivity contribution in [1.29, 1.82) is 0 Å². The van der Waals surface area contributed by atoms with Gasteiger partial charge in [0.2, 0.25) is 0 Å². The van der Waals surface area contributed by atoms with Gasteiger partial charge in [0.15, 0.2) is 11.4 Å². The lowest BCUT2D eigenvalue weighted by molar-refractivity contribution is -0.185. The van der Waals surface area contributed by atoms with Gasteiger partial charge in [0.05, 0.1) is 0 Å². The van der Waals surface area contributed by atoms with Crippen LogP contribution in [0, 0.1) is 28.6 Å². The van der Waals surface area contributed by atoms with Crippen molar-refractivity contribution < 1.29 is 23.9 Å². The van der Waals surface area contributed by atoms with E-state index in [9.17, 15) is 14.4 Å². The highest BCUT2D eigenvalue weighted by Crippen LogP contribution is 2.68. The lowest BCUT2D eigenvalue weighted by atomic mass is 9.47. The molecular weight excluding hydrogens is 476 g/mol. The first-order valence-corrected chi connectivity index (χ1v) is 14.4. The van der Waals surface area contributed by atoms with Crippen LogP contribution in [0.25, 0.3) is 0 Å². The third-order valence-corrected chi connectivity index (χ3v) is 10.7. The maximum atomic E-state index is 13.0. The Morgan fingerprint density at radius 1 is 0.921 bits per heavy atom. The van der Waals surface area contributed by atoms with E-state index in [1.807, 2.05) is 30.3 Å². The van der Waals surface area contributed by atoms with Crippen LogP contribution in [0.3, 0.4) is 0 Å². The highest BCUT2D eigenvalue weighted by molar-refractivity contribution is 5.89. The molecule has 5 heteroatoms. The zero-order valence-electron chi connectivity index (χ0n) is 23.5. The molecule has 4 aliphatic rings. The highest BCUT2D eigenvalue weighted by Gasteiger charge is 2.67. The molecule has 0 saturated heterocycles. The number of carbonyl (C=O) groups excluding carboxylic acids is 3. The number of ether oxygens (including phenoxy) is 2. The van der Waals surface area contributed by atoms with Crippen LogP contribution in [0.4, 0.5) is 0 Å². The van der Waals surface area contributed by atoms with Crippen molar-refractivity contribution in [3.8, 4) is 0 Å². The summed E-state index contributed by atoms with van der Waals surface area (Å²) in [7, 11) is 0. The molecule has 0 radical (unpaired) electrons. The molecule has 0 bridgehead atoms. The van der Waals surface area contributed by atoms with Crippen molar-refractivity contribution in [2.75, 3.05) is 0 Å². The Kier molecular flexibility index (Phi) is 6.94. The minimum atomic E-state index is -1.02. The summed E-state index contributed by atoms with van der Waals surface area (Å²) in [6, 6.07) is 10.1. The van der Waals surface area contributed by atoms with Gasteiger partial charge in [0.25, 0.3) is 0 Å². The molecule has 0 aromatic heterocycles. The Labute approximate surface area is 227 Å². The fourth-order valence-electron chi connectivity index (χ4n) is 8.83. The van der Waals surface area contributed by atoms with E-state index in [-0.39, 0.29) is 34.7 Å². The maximum Gasteiger partial charge on any atom is 0.306 e. The topological polar surface area (TPSA) is 69.7 Å². The number of esters is 2. The Morgan fingerprint density at radius 3 is 2.32 bits per heavy atom. The van der Waals surface area contributed by atoms with Gasteiger partial charge in [0.1, 0.15) is 6.10 Å². The number of carbonyl (C=O) groups is 3. The number of hydrogen-bond acceptors (Lipinski definition) is 5. The second-order valence-corrected chi connectivity index (χ2v) is 12.7. The van der Waals surface area contributed by atoms with Gasteiger partial charge in [-0.3, -0.25) is 14.4 Å². The number of hydrogen-bond donors (Lipinski definition) is 0. The van der Waals surface area contributed by atoms with Crippen LogP contribution in [0.5, 0.6) is 0 Å². The van der Waals surface area contributed by atoms with Gasteiger partial charge < -0.3 is 9.47 Å². The van der Waals surface area contributed by atoms with Gasteiger partial charge in [-0.15, -0.1) is 0 Å². The van der Waals surface area contributed by atoms with Gasteiger partial charge >= 0.3 is 11.9 Å². The summed E-state index contributed by atoms with van der Waals surface area (Å²) < 4.78 is 11.8. The van der Waals surface area contributed by atoms with E-state index < -0.39 is 5.60 Å². The fraction of sp³-hybridized carbons (Fsp3) is 0.606. The molecule has 4 aliphatic carbocycles. The lowest BCUT2D eigenvalue weighted by Crippen LogP contribution is -2.58. The minimum absolute atomic E-state index is 0.0146. The van der Waals surface area contributed by atoms with Crippen molar-refractivity contribution >= 4 is 17.7 Å². The van der Waals surface area contributed by atoms with Crippen LogP contribution in [0.2, 0.25) is 0 Å². The van der Waals surface area contributed by atoms with E-state index in [4.69, 9.17) is 9.47 Å². The second kappa shape index (κ2) is 9.81. The third kappa shape index (κ3) is 4.26. The first-order valence-electron chi connectivity index (χ1n) is 14.4. The largest absolute Gasteiger partial charge is 0.458 e. The molecule has 0 N–H and O–H groups in total. The molecule has 1 aromatic rings. The normalized spacial score (nSPS) is 37.6. The SMILES string of the molecule is CC(=O)O[C@]1(C(C)=O)CC[C@H]2[C@@H]3C=C(C)C4=C[C@H](OC(=O)CCc5ccccc5)CC[C@]4(C)[C@H]3CC[C@@]21C. The molecule has 0 spiro atoms. The number of Topliss-reactive ketones (excluding diaryl/α,β-unsaturated/α-hetero) is 1. The molecule has 2 fully saturated rings. The van der Waals surface area contributed by atoms with Gasteiger partial charge in [-0.05, 0) is 99.2 Å². The molecule has 0 amide bonds. The number of benzene rings is 1. The number of fused-ring (bicyclic) bond motifs is 5. The molecule has 38 heavy (non-hydrogen) atoms. The Morgan fingerprint density at radius 2 is 1.63 bits per heavy atom. The standard InChI is InChI=1S/C33H42O5/c1-21-19-26-27(14-17-32(5)28(26)15-18-33(32,22(2)34)38-23(3)35)31(4)16-13-25(20-29(21)31)37-30(36)12-11-24-9-7-6-8-10-24/h6-10,19-20,25-28H,11-18H2,1-5H3/t25-,26-,27+,28+,31-,32+,33+/m1/s1. The quantitative estimate of drug-likeness (QED) is 0.399. The lowest BCUT2D eigenvalue weighted by Gasteiger charge is -2.58. The zero-order valence-corrected chi connectivity index (χ0v) is 23.5. The van der Waals surface area contributed by atoms with Crippen molar-refractivity contribution in [3.63, 3.8) is 0 Å². The van der Waals surface area contributed by atoms with Crippen molar-refractivity contribution in [3.05, 3.63) is 59.2 Å². The summed E-state index contributed by atoms with van der Waals surface area (Å²) in [5.41, 5.74) is 2.38. The Balaban J connectivity index is 1.36. The predicted molar refractivity (Wildman–Crippen MR) is 146 cm³/mol. The van der Waals surface area contributed by atoms with Crippen LogP contribution >= 0.6 is 0 Å². The number of ketones is 1. The molecule has 0 heterocycles. The summed E-state index contributed by atoms with van der Waals surface area (Å²) in [5.74, 6) is 0.580. The number of aryl methyl sites for hydroxylation is 1. The van der Waals surface area contributed by atoms with Crippen LogP contribution in [-0.2, 0) is 30.3 Å². The molecule has 1 aromatic carbocycles. The maximum absolute atomic E-state index is 13.0. The molecule has 0 unspecified atom stereocenters. The summed E-state index contributed by atoms with van der Waals surface area (Å²) in [6.45, 7) is 9.78. The van der Waals surface area contributed by atoms with Crippen molar-refractivity contribution in [2.24, 2.45) is 28.6 Å². The average molecular weight is 519 g/mol. The second-order valence-electron chi connectivity index (χ2n) is 12.7. The summed E-state index contributed by atoms with van der Waals surface area (Å²) in [5, 5.41) is 0. The van der Waals surface area contributed by atoms with Gasteiger partial charge in [-0.2, -0.15) is 0 Å². The first kappa shape index (κ1) is 26.9. The summed E-state index contributed by atoms with van der Waals surface area (Å²) in [6.07, 6.45) is 10.7. The van der Waals surface area contributed by atoms with Gasteiger partial charge in [-0.1, -0.05) is 55.8 Å².